The summed E-state index contributed by atoms with van der Waals surface area (Å²) in [5, 5.41) is 0. The summed E-state index contributed by atoms with van der Waals surface area (Å²) in [6, 6.07) is 0. The SMILES string of the molecule is CCCCCCCCCCCCCOP(=O)(Cl)OCCCCCCCCCCCCC. The van der Waals surface area contributed by atoms with Gasteiger partial charge in [-0.05, 0) is 12.8 Å². The van der Waals surface area contributed by atoms with Crippen LogP contribution in [0.2, 0.25) is 0 Å². The molecular formula is C26H54ClO3P. The Morgan fingerprint density at radius 3 is 0.935 bits per heavy atom. The predicted molar refractivity (Wildman–Crippen MR) is 138 cm³/mol. The minimum atomic E-state index is -3.38. The van der Waals surface area contributed by atoms with E-state index in [9.17, 15) is 4.57 Å². The molecule has 0 fully saturated rings. The van der Waals surface area contributed by atoms with Gasteiger partial charge in [-0.2, -0.15) is 0 Å². The number of rotatable bonds is 26. The van der Waals surface area contributed by atoms with Crippen LogP contribution in [0, 0.1) is 0 Å². The lowest BCUT2D eigenvalue weighted by atomic mass is 10.1. The van der Waals surface area contributed by atoms with Crippen molar-refractivity contribution >= 4 is 18.2 Å². The Balaban J connectivity index is 3.30. The number of hydrogen-bond donors (Lipinski definition) is 0. The standard InChI is InChI=1S/C26H54ClO3P/c1-3-5-7-9-11-13-15-17-19-21-23-25-29-31(27,28)30-26-24-22-20-18-16-14-12-10-8-6-4-2/h3-26H2,1-2H3. The topological polar surface area (TPSA) is 35.5 Å². The molecule has 0 aromatic carbocycles. The summed E-state index contributed by atoms with van der Waals surface area (Å²) in [5.74, 6) is 0. The first kappa shape index (κ1) is 31.4. The number of halogens is 1. The zero-order chi connectivity index (χ0) is 22.9. The van der Waals surface area contributed by atoms with Crippen molar-refractivity contribution in [2.45, 2.75) is 155 Å². The minimum Gasteiger partial charge on any atom is -0.297 e. The molecule has 0 unspecified atom stereocenters. The monoisotopic (exact) mass is 480 g/mol. The quantitative estimate of drug-likeness (QED) is 0.0911. The normalized spacial score (nSPS) is 12.0. The Morgan fingerprint density at radius 1 is 0.452 bits per heavy atom. The van der Waals surface area contributed by atoms with Crippen molar-refractivity contribution in [1.82, 2.24) is 0 Å². The fraction of sp³-hybridized carbons (Fsp3) is 1.00. The molecule has 0 amide bonds. The minimum absolute atomic E-state index is 0.441. The first-order valence-corrected chi connectivity index (χ1v) is 16.2. The van der Waals surface area contributed by atoms with Crippen LogP contribution in [0.5, 0.6) is 0 Å². The lowest BCUT2D eigenvalue weighted by Crippen LogP contribution is -1.96. The Hall–Kier alpha value is 0.440. The van der Waals surface area contributed by atoms with Crippen molar-refractivity contribution in [3.8, 4) is 0 Å². The molecule has 0 N–H and O–H groups in total. The molecule has 0 saturated heterocycles. The molecule has 0 spiro atoms. The van der Waals surface area contributed by atoms with Crippen LogP contribution < -0.4 is 0 Å². The Labute approximate surface area is 200 Å². The van der Waals surface area contributed by atoms with E-state index in [0.717, 1.165) is 25.7 Å². The van der Waals surface area contributed by atoms with Crippen LogP contribution in [-0.4, -0.2) is 13.2 Å². The van der Waals surface area contributed by atoms with Crippen LogP contribution in [0.3, 0.4) is 0 Å². The van der Waals surface area contributed by atoms with E-state index in [2.05, 4.69) is 13.8 Å². The van der Waals surface area contributed by atoms with Crippen LogP contribution in [-0.2, 0) is 13.6 Å². The van der Waals surface area contributed by atoms with Crippen molar-refractivity contribution < 1.29 is 13.6 Å². The molecule has 31 heavy (non-hydrogen) atoms. The Kier molecular flexibility index (Phi) is 25.4. The summed E-state index contributed by atoms with van der Waals surface area (Å²) >= 11 is 5.91. The van der Waals surface area contributed by atoms with Gasteiger partial charge in [0.2, 0.25) is 0 Å². The smallest absolute Gasteiger partial charge is 0.297 e. The summed E-state index contributed by atoms with van der Waals surface area (Å²) in [7, 11) is 0. The van der Waals surface area contributed by atoms with E-state index in [1.54, 1.807) is 0 Å². The fourth-order valence-corrected chi connectivity index (χ4v) is 5.10. The van der Waals surface area contributed by atoms with Gasteiger partial charge in [0.25, 0.3) is 0 Å². The van der Waals surface area contributed by atoms with Gasteiger partial charge in [-0.1, -0.05) is 142 Å². The van der Waals surface area contributed by atoms with Crippen LogP contribution in [0.1, 0.15) is 155 Å². The van der Waals surface area contributed by atoms with Gasteiger partial charge in [-0.25, -0.2) is 4.57 Å². The summed E-state index contributed by atoms with van der Waals surface area (Å²) < 4.78 is 22.7. The maximum Gasteiger partial charge on any atom is 0.424 e. The van der Waals surface area contributed by atoms with E-state index in [1.807, 2.05) is 0 Å². The van der Waals surface area contributed by atoms with Crippen LogP contribution in [0.15, 0.2) is 0 Å². The van der Waals surface area contributed by atoms with Gasteiger partial charge in [0.1, 0.15) is 0 Å². The van der Waals surface area contributed by atoms with Crippen molar-refractivity contribution in [2.75, 3.05) is 13.2 Å². The molecule has 0 heterocycles. The Bertz CT molecular complexity index is 361. The highest BCUT2D eigenvalue weighted by Gasteiger charge is 2.19. The van der Waals surface area contributed by atoms with Crippen molar-refractivity contribution in [3.05, 3.63) is 0 Å². The average Bonchev–Trinajstić information content (AvgIpc) is 2.75. The predicted octanol–water partition coefficient (Wildman–Crippen LogP) is 11.0. The lowest BCUT2D eigenvalue weighted by molar-refractivity contribution is 0.211. The van der Waals surface area contributed by atoms with E-state index >= 15 is 0 Å². The Morgan fingerprint density at radius 2 is 0.677 bits per heavy atom. The van der Waals surface area contributed by atoms with Crippen molar-refractivity contribution in [3.63, 3.8) is 0 Å². The molecule has 0 aliphatic heterocycles. The van der Waals surface area contributed by atoms with Gasteiger partial charge >= 0.3 is 6.95 Å². The second-order valence-electron chi connectivity index (χ2n) is 9.17. The molecule has 0 saturated carbocycles. The summed E-state index contributed by atoms with van der Waals surface area (Å²) in [5.41, 5.74) is 0. The van der Waals surface area contributed by atoms with Gasteiger partial charge in [0.15, 0.2) is 0 Å². The first-order chi connectivity index (χ1) is 15.1. The number of unbranched alkanes of at least 4 members (excludes halogenated alkanes) is 20. The maximum atomic E-state index is 12.1. The highest BCUT2D eigenvalue weighted by atomic mass is 35.7. The second-order valence-corrected chi connectivity index (χ2v) is 11.8. The molecule has 188 valence electrons. The molecule has 0 aromatic rings. The molecule has 0 rings (SSSR count). The summed E-state index contributed by atoms with van der Waals surface area (Å²) in [6.45, 7) is 2.03. The highest BCUT2D eigenvalue weighted by molar-refractivity contribution is 7.81. The molecule has 0 aliphatic rings. The molecule has 3 nitrogen and oxygen atoms in total. The molecule has 0 aliphatic carbocycles. The van der Waals surface area contributed by atoms with E-state index in [4.69, 9.17) is 20.3 Å². The second kappa shape index (κ2) is 25.1. The van der Waals surface area contributed by atoms with Gasteiger partial charge in [-0.3, -0.25) is 9.05 Å². The summed E-state index contributed by atoms with van der Waals surface area (Å²) in [6.07, 6.45) is 28.3. The van der Waals surface area contributed by atoms with Crippen LogP contribution in [0.4, 0.5) is 0 Å². The van der Waals surface area contributed by atoms with Gasteiger partial charge in [0, 0.05) is 11.2 Å². The van der Waals surface area contributed by atoms with Gasteiger partial charge < -0.3 is 0 Å². The third kappa shape index (κ3) is 26.6. The van der Waals surface area contributed by atoms with Gasteiger partial charge in [0.05, 0.1) is 13.2 Å². The third-order valence-electron chi connectivity index (χ3n) is 5.99. The molecular weight excluding hydrogens is 427 g/mol. The zero-order valence-corrected chi connectivity index (χ0v) is 22.7. The molecule has 5 heteroatoms. The van der Waals surface area contributed by atoms with Crippen LogP contribution >= 0.6 is 18.2 Å². The van der Waals surface area contributed by atoms with Crippen LogP contribution in [0.25, 0.3) is 0 Å². The van der Waals surface area contributed by atoms with E-state index in [0.29, 0.717) is 13.2 Å². The molecule has 0 bridgehead atoms. The third-order valence-corrected chi connectivity index (χ3v) is 7.55. The first-order valence-electron chi connectivity index (χ1n) is 13.7. The molecule has 0 atom stereocenters. The van der Waals surface area contributed by atoms with Gasteiger partial charge in [-0.15, -0.1) is 0 Å². The van der Waals surface area contributed by atoms with E-state index in [1.165, 1.54) is 116 Å². The van der Waals surface area contributed by atoms with E-state index in [-0.39, 0.29) is 0 Å². The maximum absolute atomic E-state index is 12.1. The lowest BCUT2D eigenvalue weighted by Gasteiger charge is -2.11. The molecule has 0 radical (unpaired) electrons. The van der Waals surface area contributed by atoms with E-state index < -0.39 is 6.95 Å². The fourth-order valence-electron chi connectivity index (χ4n) is 3.92. The zero-order valence-electron chi connectivity index (χ0n) is 21.0. The highest BCUT2D eigenvalue weighted by Crippen LogP contribution is 2.53. The average molecular weight is 481 g/mol. The largest absolute Gasteiger partial charge is 0.424 e. The van der Waals surface area contributed by atoms with Crippen molar-refractivity contribution in [2.24, 2.45) is 0 Å². The number of hydrogen-bond acceptors (Lipinski definition) is 3. The summed E-state index contributed by atoms with van der Waals surface area (Å²) in [4.78, 5) is 0. The van der Waals surface area contributed by atoms with Crippen molar-refractivity contribution in [1.29, 1.82) is 0 Å². The molecule has 0 aromatic heterocycles.